The SMILES string of the molecule is Nc1ccccc1NC(=O)c1ccc(Sc2ccc3ccccc3n2)cc1. The molecule has 4 aromatic rings. The van der Waals surface area contributed by atoms with E-state index < -0.39 is 0 Å². The molecule has 4 nitrogen and oxygen atoms in total. The second-order valence-electron chi connectivity index (χ2n) is 6.01. The first-order valence-corrected chi connectivity index (χ1v) is 9.30. The number of benzene rings is 3. The maximum absolute atomic E-state index is 12.4. The molecule has 0 bridgehead atoms. The van der Waals surface area contributed by atoms with Crippen LogP contribution in [0.3, 0.4) is 0 Å². The van der Waals surface area contributed by atoms with E-state index in [0.717, 1.165) is 20.8 Å². The van der Waals surface area contributed by atoms with Gasteiger partial charge in [-0.1, -0.05) is 48.2 Å². The van der Waals surface area contributed by atoms with E-state index in [4.69, 9.17) is 5.73 Å². The molecule has 0 radical (unpaired) electrons. The predicted octanol–water partition coefficient (Wildman–Crippen LogP) is 5.22. The number of amides is 1. The number of pyridine rings is 1. The van der Waals surface area contributed by atoms with Crippen LogP contribution < -0.4 is 11.1 Å². The summed E-state index contributed by atoms with van der Waals surface area (Å²) in [5.41, 5.74) is 8.57. The minimum absolute atomic E-state index is 0.187. The van der Waals surface area contributed by atoms with Crippen LogP contribution in [0.1, 0.15) is 10.4 Å². The molecule has 1 heterocycles. The van der Waals surface area contributed by atoms with Gasteiger partial charge in [-0.15, -0.1) is 0 Å². The summed E-state index contributed by atoms with van der Waals surface area (Å²) in [6, 6.07) is 26.8. The number of hydrogen-bond donors (Lipinski definition) is 2. The summed E-state index contributed by atoms with van der Waals surface area (Å²) >= 11 is 1.57. The Hall–Kier alpha value is -3.31. The zero-order valence-corrected chi connectivity index (χ0v) is 15.2. The summed E-state index contributed by atoms with van der Waals surface area (Å²) in [6.07, 6.45) is 0. The number of nitrogens with zero attached hydrogens (tertiary/aromatic N) is 1. The lowest BCUT2D eigenvalue weighted by Crippen LogP contribution is -2.12. The van der Waals surface area contributed by atoms with Gasteiger partial charge in [0.25, 0.3) is 5.91 Å². The highest BCUT2D eigenvalue weighted by molar-refractivity contribution is 7.99. The summed E-state index contributed by atoms with van der Waals surface area (Å²) in [4.78, 5) is 18.1. The fourth-order valence-electron chi connectivity index (χ4n) is 2.70. The highest BCUT2D eigenvalue weighted by atomic mass is 32.2. The smallest absolute Gasteiger partial charge is 0.255 e. The fraction of sp³-hybridized carbons (Fsp3) is 0. The van der Waals surface area contributed by atoms with Crippen molar-refractivity contribution in [2.75, 3.05) is 11.1 Å². The fourth-order valence-corrected chi connectivity index (χ4v) is 3.50. The monoisotopic (exact) mass is 371 g/mol. The second-order valence-corrected chi connectivity index (χ2v) is 7.10. The van der Waals surface area contributed by atoms with Gasteiger partial charge in [0.2, 0.25) is 0 Å². The van der Waals surface area contributed by atoms with Crippen molar-refractivity contribution < 1.29 is 4.79 Å². The number of para-hydroxylation sites is 3. The Morgan fingerprint density at radius 1 is 0.852 bits per heavy atom. The van der Waals surface area contributed by atoms with E-state index in [1.165, 1.54) is 0 Å². The van der Waals surface area contributed by atoms with Gasteiger partial charge in [-0.2, -0.15) is 0 Å². The van der Waals surface area contributed by atoms with Crippen molar-refractivity contribution >= 4 is 39.9 Å². The van der Waals surface area contributed by atoms with E-state index in [1.54, 1.807) is 36.0 Å². The Kier molecular flexibility index (Phi) is 4.77. The molecule has 1 amide bonds. The molecule has 0 aliphatic carbocycles. The first kappa shape index (κ1) is 17.1. The average Bonchev–Trinajstić information content (AvgIpc) is 2.70. The van der Waals surface area contributed by atoms with Gasteiger partial charge >= 0.3 is 0 Å². The summed E-state index contributed by atoms with van der Waals surface area (Å²) in [6.45, 7) is 0. The highest BCUT2D eigenvalue weighted by Crippen LogP contribution is 2.28. The molecular weight excluding hydrogens is 354 g/mol. The molecule has 0 unspecified atom stereocenters. The molecule has 132 valence electrons. The Morgan fingerprint density at radius 3 is 2.41 bits per heavy atom. The number of carbonyl (C=O) groups is 1. The normalized spacial score (nSPS) is 10.7. The summed E-state index contributed by atoms with van der Waals surface area (Å²) < 4.78 is 0. The molecule has 5 heteroatoms. The van der Waals surface area contributed by atoms with Crippen molar-refractivity contribution in [3.8, 4) is 0 Å². The minimum atomic E-state index is -0.187. The molecule has 27 heavy (non-hydrogen) atoms. The summed E-state index contributed by atoms with van der Waals surface area (Å²) in [7, 11) is 0. The zero-order chi connectivity index (χ0) is 18.6. The van der Waals surface area contributed by atoms with Gasteiger partial charge in [0.1, 0.15) is 5.03 Å². The van der Waals surface area contributed by atoms with Crippen molar-refractivity contribution in [3.05, 3.63) is 90.5 Å². The Balaban J connectivity index is 1.48. The Labute approximate surface area is 161 Å². The van der Waals surface area contributed by atoms with Crippen molar-refractivity contribution in [3.63, 3.8) is 0 Å². The number of nitrogens with two attached hydrogens (primary N) is 1. The van der Waals surface area contributed by atoms with Crippen molar-refractivity contribution in [1.29, 1.82) is 0 Å². The molecule has 3 N–H and O–H groups in total. The van der Waals surface area contributed by atoms with Gasteiger partial charge in [0.05, 0.1) is 16.9 Å². The van der Waals surface area contributed by atoms with Gasteiger partial charge < -0.3 is 11.1 Å². The Morgan fingerprint density at radius 2 is 1.59 bits per heavy atom. The number of hydrogen-bond acceptors (Lipinski definition) is 4. The van der Waals surface area contributed by atoms with Crippen molar-refractivity contribution in [2.45, 2.75) is 9.92 Å². The summed E-state index contributed by atoms with van der Waals surface area (Å²) in [5.74, 6) is -0.187. The lowest BCUT2D eigenvalue weighted by Gasteiger charge is -2.08. The van der Waals surface area contributed by atoms with Crippen LogP contribution in [0, 0.1) is 0 Å². The molecule has 1 aromatic heterocycles. The van der Waals surface area contributed by atoms with Crippen LogP contribution in [0.4, 0.5) is 11.4 Å². The molecule has 0 saturated heterocycles. The Bertz CT molecular complexity index is 1110. The molecule has 4 rings (SSSR count). The molecule has 3 aromatic carbocycles. The van der Waals surface area contributed by atoms with Gasteiger partial charge in [-0.05, 0) is 48.5 Å². The maximum atomic E-state index is 12.4. The predicted molar refractivity (Wildman–Crippen MR) is 111 cm³/mol. The van der Waals surface area contributed by atoms with Crippen LogP contribution in [-0.4, -0.2) is 10.9 Å². The molecule has 0 spiro atoms. The standard InChI is InChI=1S/C22H17N3OS/c23-18-6-2-4-8-20(18)25-22(26)16-9-12-17(13-10-16)27-21-14-11-15-5-1-3-7-19(15)24-21/h1-14H,23H2,(H,25,26). The van der Waals surface area contributed by atoms with Crippen molar-refractivity contribution in [1.82, 2.24) is 4.98 Å². The topological polar surface area (TPSA) is 68.0 Å². The molecule has 0 aliphatic heterocycles. The number of aromatic nitrogens is 1. The lowest BCUT2D eigenvalue weighted by molar-refractivity contribution is 0.102. The van der Waals surface area contributed by atoms with E-state index in [0.29, 0.717) is 16.9 Å². The van der Waals surface area contributed by atoms with Crippen LogP contribution in [0.2, 0.25) is 0 Å². The van der Waals surface area contributed by atoms with Gasteiger partial charge in [-0.3, -0.25) is 4.79 Å². The number of fused-ring (bicyclic) bond motifs is 1. The second kappa shape index (κ2) is 7.51. The van der Waals surface area contributed by atoms with Gasteiger partial charge in [-0.25, -0.2) is 4.98 Å². The number of nitrogens with one attached hydrogen (secondary N) is 1. The molecular formula is C22H17N3OS. The summed E-state index contributed by atoms with van der Waals surface area (Å²) in [5, 5.41) is 4.87. The third-order valence-electron chi connectivity index (χ3n) is 4.12. The van der Waals surface area contributed by atoms with E-state index in [-0.39, 0.29) is 5.91 Å². The van der Waals surface area contributed by atoms with E-state index in [2.05, 4.69) is 16.4 Å². The van der Waals surface area contributed by atoms with Crippen LogP contribution in [0.5, 0.6) is 0 Å². The largest absolute Gasteiger partial charge is 0.397 e. The molecule has 0 atom stereocenters. The number of anilines is 2. The third kappa shape index (κ3) is 3.93. The molecule has 0 saturated carbocycles. The lowest BCUT2D eigenvalue weighted by atomic mass is 10.2. The average molecular weight is 371 g/mol. The third-order valence-corrected chi connectivity index (χ3v) is 5.07. The first-order chi connectivity index (χ1) is 13.2. The van der Waals surface area contributed by atoms with E-state index >= 15 is 0 Å². The van der Waals surface area contributed by atoms with E-state index in [1.807, 2.05) is 54.6 Å². The number of carbonyl (C=O) groups excluding carboxylic acids is 1. The quantitative estimate of drug-likeness (QED) is 0.483. The van der Waals surface area contributed by atoms with Crippen LogP contribution in [0.15, 0.2) is 94.9 Å². The van der Waals surface area contributed by atoms with Gasteiger partial charge in [0, 0.05) is 15.8 Å². The minimum Gasteiger partial charge on any atom is -0.397 e. The van der Waals surface area contributed by atoms with Crippen molar-refractivity contribution in [2.24, 2.45) is 0 Å². The first-order valence-electron chi connectivity index (χ1n) is 8.49. The number of nitrogen functional groups attached to an aromatic ring is 1. The zero-order valence-electron chi connectivity index (χ0n) is 14.4. The molecule has 0 fully saturated rings. The van der Waals surface area contributed by atoms with E-state index in [9.17, 15) is 4.79 Å². The number of rotatable bonds is 4. The van der Waals surface area contributed by atoms with Crippen LogP contribution >= 0.6 is 11.8 Å². The van der Waals surface area contributed by atoms with Gasteiger partial charge in [0.15, 0.2) is 0 Å². The van der Waals surface area contributed by atoms with Crippen LogP contribution in [0.25, 0.3) is 10.9 Å². The maximum Gasteiger partial charge on any atom is 0.255 e. The highest BCUT2D eigenvalue weighted by Gasteiger charge is 2.08. The van der Waals surface area contributed by atoms with Crippen LogP contribution in [-0.2, 0) is 0 Å². The molecule has 0 aliphatic rings.